The highest BCUT2D eigenvalue weighted by Gasteiger charge is 2.48. The molecule has 0 spiro atoms. The van der Waals surface area contributed by atoms with Crippen LogP contribution in [0, 0.1) is 5.92 Å². The van der Waals surface area contributed by atoms with Gasteiger partial charge in [0.2, 0.25) is 21.8 Å². The van der Waals surface area contributed by atoms with E-state index in [0.717, 1.165) is 6.42 Å². The van der Waals surface area contributed by atoms with E-state index in [-0.39, 0.29) is 37.4 Å². The van der Waals surface area contributed by atoms with Crippen LogP contribution in [-0.4, -0.2) is 85.1 Å². The number of hydrogen-bond donors (Lipinski definition) is 2. The lowest BCUT2D eigenvalue weighted by molar-refractivity contribution is -0.156. The Kier molecular flexibility index (Phi) is 9.96. The topological polar surface area (TPSA) is 156 Å². The van der Waals surface area contributed by atoms with Crippen LogP contribution >= 0.6 is 0 Å². The summed E-state index contributed by atoms with van der Waals surface area (Å²) < 4.78 is 32.5. The van der Waals surface area contributed by atoms with E-state index in [2.05, 4.69) is 5.32 Å². The minimum absolute atomic E-state index is 0.0156. The van der Waals surface area contributed by atoms with Gasteiger partial charge in [-0.05, 0) is 56.4 Å². The van der Waals surface area contributed by atoms with E-state index in [1.165, 1.54) is 9.21 Å². The molecule has 2 aliphatic heterocycles. The summed E-state index contributed by atoms with van der Waals surface area (Å²) in [6, 6.07) is 6.46. The molecule has 0 bridgehead atoms. The lowest BCUT2D eigenvalue weighted by Crippen LogP contribution is -2.61. The standard InChI is InChI=1S/C28H40N4O7S/c1-2-3-15-39-28(36)26(34)25(20-9-11-21(29)12-10-20)30-27(35)23-14-13-22-16-31(17-24(33)32(22)23)40(37,38)18-19-7-5-4-6-8-19/h4-8,20-23,25H,2-3,9-18,29H2,1H3,(H,30,35)/t20?,21?,22-,23-,25?/m0/s1. The summed E-state index contributed by atoms with van der Waals surface area (Å²) in [4.78, 5) is 53.8. The number of carbonyl (C=O) groups excluding carboxylic acids is 4. The van der Waals surface area contributed by atoms with Crippen LogP contribution in [0.1, 0.15) is 63.9 Å². The number of rotatable bonds is 11. The van der Waals surface area contributed by atoms with Gasteiger partial charge in [0.15, 0.2) is 0 Å². The van der Waals surface area contributed by atoms with Gasteiger partial charge >= 0.3 is 5.97 Å². The molecule has 12 heteroatoms. The van der Waals surface area contributed by atoms with Gasteiger partial charge in [-0.25, -0.2) is 13.2 Å². The van der Waals surface area contributed by atoms with Crippen molar-refractivity contribution in [1.29, 1.82) is 0 Å². The summed E-state index contributed by atoms with van der Waals surface area (Å²) in [6.45, 7) is 1.84. The van der Waals surface area contributed by atoms with Crippen molar-refractivity contribution in [3.8, 4) is 0 Å². The molecule has 0 aromatic heterocycles. The monoisotopic (exact) mass is 576 g/mol. The summed E-state index contributed by atoms with van der Waals surface area (Å²) in [5.41, 5.74) is 6.67. The number of carbonyl (C=O) groups is 4. The number of esters is 1. The van der Waals surface area contributed by atoms with Crippen LogP contribution in [0.4, 0.5) is 0 Å². The Morgan fingerprint density at radius 1 is 1.07 bits per heavy atom. The van der Waals surface area contributed by atoms with Gasteiger partial charge < -0.3 is 20.7 Å². The molecular weight excluding hydrogens is 536 g/mol. The van der Waals surface area contributed by atoms with Gasteiger partial charge in [-0.2, -0.15) is 4.31 Å². The first-order valence-corrected chi connectivity index (χ1v) is 15.8. The molecule has 3 aliphatic rings. The molecular formula is C28H40N4O7S. The second-order valence-corrected chi connectivity index (χ2v) is 13.1. The number of nitrogens with one attached hydrogen (secondary N) is 1. The van der Waals surface area contributed by atoms with Crippen molar-refractivity contribution in [1.82, 2.24) is 14.5 Å². The van der Waals surface area contributed by atoms with Crippen LogP contribution in [0.5, 0.6) is 0 Å². The first-order valence-electron chi connectivity index (χ1n) is 14.2. The molecule has 3 fully saturated rings. The minimum Gasteiger partial charge on any atom is -0.460 e. The number of nitrogens with two attached hydrogens (primary N) is 1. The minimum atomic E-state index is -3.74. The van der Waals surface area contributed by atoms with Gasteiger partial charge in [0, 0.05) is 18.6 Å². The van der Waals surface area contributed by atoms with Gasteiger partial charge in [-0.1, -0.05) is 43.7 Å². The Balaban J connectivity index is 1.43. The van der Waals surface area contributed by atoms with Crippen molar-refractivity contribution >= 4 is 33.6 Å². The van der Waals surface area contributed by atoms with Gasteiger partial charge in [-0.3, -0.25) is 14.4 Å². The molecule has 2 amide bonds. The second-order valence-electron chi connectivity index (χ2n) is 11.1. The first kappa shape index (κ1) is 30.1. The molecule has 1 saturated carbocycles. The largest absolute Gasteiger partial charge is 0.460 e. The average Bonchev–Trinajstić information content (AvgIpc) is 3.37. The van der Waals surface area contributed by atoms with Crippen LogP contribution in [0.25, 0.3) is 0 Å². The zero-order valence-corrected chi connectivity index (χ0v) is 23.8. The van der Waals surface area contributed by atoms with E-state index in [0.29, 0.717) is 50.5 Å². The summed E-state index contributed by atoms with van der Waals surface area (Å²) in [5.74, 6) is -3.18. The maximum Gasteiger partial charge on any atom is 0.376 e. The molecule has 3 atom stereocenters. The number of sulfonamides is 1. The molecule has 1 aromatic rings. The second kappa shape index (κ2) is 13.2. The van der Waals surface area contributed by atoms with Crippen LogP contribution in [0.3, 0.4) is 0 Å². The molecule has 1 aliphatic carbocycles. The number of benzene rings is 1. The Labute approximate surface area is 235 Å². The zero-order valence-electron chi connectivity index (χ0n) is 23.0. The molecule has 220 valence electrons. The first-order chi connectivity index (χ1) is 19.1. The third kappa shape index (κ3) is 7.08. The number of amides is 2. The molecule has 2 heterocycles. The highest BCUT2D eigenvalue weighted by molar-refractivity contribution is 7.88. The maximum absolute atomic E-state index is 13.5. The molecule has 1 unspecified atom stereocenters. The number of ketones is 1. The Morgan fingerprint density at radius 3 is 2.45 bits per heavy atom. The predicted molar refractivity (Wildman–Crippen MR) is 147 cm³/mol. The fourth-order valence-electron chi connectivity index (χ4n) is 5.95. The number of piperazine rings is 1. The molecule has 40 heavy (non-hydrogen) atoms. The van der Waals surface area contributed by atoms with E-state index >= 15 is 0 Å². The van der Waals surface area contributed by atoms with Crippen LogP contribution < -0.4 is 11.1 Å². The van der Waals surface area contributed by atoms with E-state index in [1.807, 2.05) is 6.92 Å². The molecule has 3 N–H and O–H groups in total. The molecule has 2 saturated heterocycles. The van der Waals surface area contributed by atoms with Crippen molar-refractivity contribution in [2.45, 2.75) is 88.2 Å². The van der Waals surface area contributed by atoms with Crippen molar-refractivity contribution in [2.75, 3.05) is 19.7 Å². The van der Waals surface area contributed by atoms with Gasteiger partial charge in [-0.15, -0.1) is 0 Å². The fraction of sp³-hybridized carbons (Fsp3) is 0.643. The van der Waals surface area contributed by atoms with Crippen molar-refractivity contribution in [2.24, 2.45) is 11.7 Å². The van der Waals surface area contributed by atoms with Crippen LogP contribution in [0.15, 0.2) is 30.3 Å². The molecule has 1 aromatic carbocycles. The number of nitrogens with zero attached hydrogens (tertiary/aromatic N) is 2. The van der Waals surface area contributed by atoms with E-state index < -0.39 is 51.7 Å². The van der Waals surface area contributed by atoms with Crippen molar-refractivity contribution in [3.63, 3.8) is 0 Å². The Hall–Kier alpha value is -2.83. The number of hydrogen-bond acceptors (Lipinski definition) is 8. The van der Waals surface area contributed by atoms with Crippen LogP contribution in [-0.2, 0) is 39.7 Å². The van der Waals surface area contributed by atoms with Gasteiger partial charge in [0.05, 0.1) is 18.9 Å². The summed E-state index contributed by atoms with van der Waals surface area (Å²) in [7, 11) is -3.74. The SMILES string of the molecule is CCCCOC(=O)C(=O)C(NC(=O)[C@@H]1CC[C@H]2CN(S(=O)(=O)Cc3ccccc3)CC(=O)N21)C1CCC(N)CC1. The number of fused-ring (bicyclic) bond motifs is 1. The highest BCUT2D eigenvalue weighted by Crippen LogP contribution is 2.31. The molecule has 0 radical (unpaired) electrons. The smallest absolute Gasteiger partial charge is 0.376 e. The summed E-state index contributed by atoms with van der Waals surface area (Å²) in [5, 5.41) is 2.79. The van der Waals surface area contributed by atoms with Gasteiger partial charge in [0.25, 0.3) is 5.78 Å². The highest BCUT2D eigenvalue weighted by atomic mass is 32.2. The van der Waals surface area contributed by atoms with Crippen molar-refractivity contribution < 1.29 is 32.3 Å². The quantitative estimate of drug-likeness (QED) is 0.225. The van der Waals surface area contributed by atoms with Gasteiger partial charge in [0.1, 0.15) is 12.1 Å². The number of ether oxygens (including phenoxy) is 1. The third-order valence-electron chi connectivity index (χ3n) is 8.20. The van der Waals surface area contributed by atoms with E-state index in [4.69, 9.17) is 10.5 Å². The fourth-order valence-corrected chi connectivity index (χ4v) is 7.45. The molecule has 11 nitrogen and oxygen atoms in total. The Morgan fingerprint density at radius 2 is 1.77 bits per heavy atom. The number of unbranched alkanes of at least 4 members (excludes halogenated alkanes) is 1. The normalized spacial score (nSPS) is 26.1. The van der Waals surface area contributed by atoms with Crippen molar-refractivity contribution in [3.05, 3.63) is 35.9 Å². The zero-order chi connectivity index (χ0) is 28.9. The third-order valence-corrected chi connectivity index (χ3v) is 9.97. The maximum atomic E-state index is 13.5. The summed E-state index contributed by atoms with van der Waals surface area (Å²) >= 11 is 0. The predicted octanol–water partition coefficient (Wildman–Crippen LogP) is 1.11. The number of Topliss-reactive ketones (excluding diaryl/α,β-unsaturated/α-hetero) is 1. The van der Waals surface area contributed by atoms with Crippen LogP contribution in [0.2, 0.25) is 0 Å². The average molecular weight is 577 g/mol. The molecule has 4 rings (SSSR count). The summed E-state index contributed by atoms with van der Waals surface area (Å²) in [6.07, 6.45) is 4.77. The lowest BCUT2D eigenvalue weighted by Gasteiger charge is -2.39. The van der Waals surface area contributed by atoms with E-state index in [9.17, 15) is 27.6 Å². The Bertz CT molecular complexity index is 1180. The van der Waals surface area contributed by atoms with E-state index in [1.54, 1.807) is 30.3 Å². The lowest BCUT2D eigenvalue weighted by atomic mass is 9.80.